The first-order chi connectivity index (χ1) is 11.4. The Bertz CT molecular complexity index is 676. The lowest BCUT2D eigenvalue weighted by Gasteiger charge is -2.38. The van der Waals surface area contributed by atoms with Gasteiger partial charge in [-0.15, -0.1) is 0 Å². The standard InChI is InChI=1S/C21H28N2O/c1-21(2)11-17-20(19(24)12-21)16-9-10-22(3)14-18(16)23(17)13-15-7-5-4-6-8-15/h4-8,16,18H,9-14H2,1-3H3/p+1/t16-,18+/m1/s1. The van der Waals surface area contributed by atoms with E-state index in [1.54, 1.807) is 4.90 Å². The van der Waals surface area contributed by atoms with Crippen LogP contribution in [0.3, 0.4) is 0 Å². The van der Waals surface area contributed by atoms with E-state index in [4.69, 9.17) is 0 Å². The number of allylic oxidation sites excluding steroid dienone is 1. The highest BCUT2D eigenvalue weighted by molar-refractivity contribution is 5.98. The number of hydrogen-bond acceptors (Lipinski definition) is 2. The van der Waals surface area contributed by atoms with Gasteiger partial charge >= 0.3 is 0 Å². The van der Waals surface area contributed by atoms with Crippen LogP contribution in [0.2, 0.25) is 0 Å². The van der Waals surface area contributed by atoms with Crippen molar-refractivity contribution in [1.29, 1.82) is 0 Å². The molecule has 4 rings (SSSR count). The van der Waals surface area contributed by atoms with Crippen LogP contribution in [-0.2, 0) is 11.3 Å². The third kappa shape index (κ3) is 2.69. The fraction of sp³-hybridized carbons (Fsp3) is 0.571. The molecule has 1 N–H and O–H groups in total. The van der Waals surface area contributed by atoms with Crippen LogP contribution in [0.1, 0.15) is 38.7 Å². The second-order valence-corrected chi connectivity index (χ2v) is 8.79. The van der Waals surface area contributed by atoms with Crippen LogP contribution in [0.15, 0.2) is 41.6 Å². The van der Waals surface area contributed by atoms with Gasteiger partial charge in [0.2, 0.25) is 0 Å². The molecule has 1 aromatic carbocycles. The quantitative estimate of drug-likeness (QED) is 0.900. The van der Waals surface area contributed by atoms with Crippen LogP contribution in [0.25, 0.3) is 0 Å². The molecular formula is C21H29N2O+. The highest BCUT2D eigenvalue weighted by atomic mass is 16.1. The molecule has 0 aromatic heterocycles. The van der Waals surface area contributed by atoms with E-state index in [1.807, 2.05) is 0 Å². The summed E-state index contributed by atoms with van der Waals surface area (Å²) >= 11 is 0. The van der Waals surface area contributed by atoms with Crippen LogP contribution >= 0.6 is 0 Å². The fourth-order valence-electron chi connectivity index (χ4n) is 5.03. The zero-order valence-corrected chi connectivity index (χ0v) is 15.1. The number of Topliss-reactive ketones (excluding diaryl/α,β-unsaturated/α-hetero) is 1. The first kappa shape index (κ1) is 15.9. The summed E-state index contributed by atoms with van der Waals surface area (Å²) in [4.78, 5) is 17.1. The summed E-state index contributed by atoms with van der Waals surface area (Å²) in [5.74, 6) is 0.891. The van der Waals surface area contributed by atoms with Crippen molar-refractivity contribution in [2.45, 2.75) is 45.7 Å². The molecule has 2 heterocycles. The van der Waals surface area contributed by atoms with Crippen molar-refractivity contribution in [2.75, 3.05) is 20.1 Å². The van der Waals surface area contributed by atoms with Crippen molar-refractivity contribution < 1.29 is 9.69 Å². The van der Waals surface area contributed by atoms with Gasteiger partial charge in [-0.05, 0) is 17.4 Å². The maximum Gasteiger partial charge on any atom is 0.161 e. The summed E-state index contributed by atoms with van der Waals surface area (Å²) in [7, 11) is 2.29. The average Bonchev–Trinajstić information content (AvgIpc) is 2.81. The molecule has 0 saturated carbocycles. The zero-order valence-electron chi connectivity index (χ0n) is 15.1. The zero-order chi connectivity index (χ0) is 16.9. The van der Waals surface area contributed by atoms with Crippen molar-refractivity contribution in [3.63, 3.8) is 0 Å². The Morgan fingerprint density at radius 2 is 1.96 bits per heavy atom. The number of nitrogens with one attached hydrogen (secondary N) is 1. The predicted octanol–water partition coefficient (Wildman–Crippen LogP) is 2.05. The molecule has 24 heavy (non-hydrogen) atoms. The number of quaternary nitrogens is 1. The lowest BCUT2D eigenvalue weighted by Crippen LogP contribution is -3.12. The average molecular weight is 325 g/mol. The molecule has 1 aromatic rings. The van der Waals surface area contributed by atoms with E-state index >= 15 is 0 Å². The first-order valence-electron chi connectivity index (χ1n) is 9.33. The number of benzene rings is 1. The monoisotopic (exact) mass is 325 g/mol. The molecule has 3 atom stereocenters. The fourth-order valence-corrected chi connectivity index (χ4v) is 5.03. The van der Waals surface area contributed by atoms with Crippen molar-refractivity contribution in [1.82, 2.24) is 4.90 Å². The van der Waals surface area contributed by atoms with Gasteiger partial charge in [0.05, 0.1) is 26.2 Å². The molecule has 0 amide bonds. The van der Waals surface area contributed by atoms with Gasteiger partial charge in [-0.3, -0.25) is 4.79 Å². The minimum Gasteiger partial charge on any atom is -0.361 e. The molecule has 1 fully saturated rings. The van der Waals surface area contributed by atoms with Crippen molar-refractivity contribution in [3.05, 3.63) is 47.2 Å². The Labute approximate surface area is 145 Å². The highest BCUT2D eigenvalue weighted by Gasteiger charge is 2.50. The number of carbonyl (C=O) groups excluding carboxylic acids is 1. The lowest BCUT2D eigenvalue weighted by atomic mass is 9.73. The van der Waals surface area contributed by atoms with E-state index in [0.717, 1.165) is 32.4 Å². The summed E-state index contributed by atoms with van der Waals surface area (Å²) in [6, 6.07) is 11.2. The Morgan fingerprint density at radius 3 is 2.71 bits per heavy atom. The number of fused-ring (bicyclic) bond motifs is 2. The van der Waals surface area contributed by atoms with Gasteiger partial charge in [0.15, 0.2) is 5.78 Å². The molecule has 0 radical (unpaired) electrons. The summed E-state index contributed by atoms with van der Waals surface area (Å²) in [6.07, 6.45) is 2.93. The van der Waals surface area contributed by atoms with Gasteiger partial charge in [0, 0.05) is 36.6 Å². The molecule has 0 spiro atoms. The van der Waals surface area contributed by atoms with Crippen LogP contribution in [-0.4, -0.2) is 36.9 Å². The molecule has 3 aliphatic rings. The van der Waals surface area contributed by atoms with Crippen molar-refractivity contribution in [3.8, 4) is 0 Å². The third-order valence-electron chi connectivity index (χ3n) is 6.11. The van der Waals surface area contributed by atoms with Crippen LogP contribution in [0.4, 0.5) is 0 Å². The Morgan fingerprint density at radius 1 is 1.21 bits per heavy atom. The maximum absolute atomic E-state index is 12.9. The van der Waals surface area contributed by atoms with Gasteiger partial charge in [-0.1, -0.05) is 44.2 Å². The number of carbonyl (C=O) groups is 1. The van der Waals surface area contributed by atoms with Crippen LogP contribution < -0.4 is 4.90 Å². The second-order valence-electron chi connectivity index (χ2n) is 8.79. The van der Waals surface area contributed by atoms with Gasteiger partial charge in [0.25, 0.3) is 0 Å². The third-order valence-corrected chi connectivity index (χ3v) is 6.11. The number of hydrogen-bond donors (Lipinski definition) is 1. The Balaban J connectivity index is 1.72. The molecule has 1 aliphatic carbocycles. The smallest absolute Gasteiger partial charge is 0.161 e. The Kier molecular flexibility index (Phi) is 3.80. The Hall–Kier alpha value is -1.61. The van der Waals surface area contributed by atoms with Gasteiger partial charge in [0.1, 0.15) is 0 Å². The van der Waals surface area contributed by atoms with Crippen molar-refractivity contribution >= 4 is 5.78 Å². The molecule has 1 saturated heterocycles. The van der Waals surface area contributed by atoms with E-state index in [-0.39, 0.29) is 5.41 Å². The summed E-state index contributed by atoms with van der Waals surface area (Å²) in [5, 5.41) is 0. The number of likely N-dealkylation sites (tertiary alicyclic amines) is 1. The predicted molar refractivity (Wildman–Crippen MR) is 95.5 cm³/mol. The number of ketones is 1. The number of likely N-dealkylation sites (N-methyl/N-ethyl adjacent to an activating group) is 1. The second kappa shape index (κ2) is 5.73. The molecule has 3 heteroatoms. The van der Waals surface area contributed by atoms with E-state index in [1.165, 1.54) is 23.4 Å². The van der Waals surface area contributed by atoms with E-state index in [2.05, 4.69) is 56.1 Å². The largest absolute Gasteiger partial charge is 0.361 e. The molecule has 0 bridgehead atoms. The topological polar surface area (TPSA) is 24.8 Å². The van der Waals surface area contributed by atoms with Gasteiger partial charge < -0.3 is 9.80 Å². The number of rotatable bonds is 2. The van der Waals surface area contributed by atoms with Gasteiger partial charge in [-0.2, -0.15) is 0 Å². The summed E-state index contributed by atoms with van der Waals surface area (Å²) in [5.41, 5.74) is 4.01. The van der Waals surface area contributed by atoms with E-state index in [9.17, 15) is 4.79 Å². The maximum atomic E-state index is 12.9. The molecule has 128 valence electrons. The molecule has 3 nitrogen and oxygen atoms in total. The summed E-state index contributed by atoms with van der Waals surface area (Å²) < 4.78 is 0. The minimum atomic E-state index is 0.0944. The molecular weight excluding hydrogens is 296 g/mol. The van der Waals surface area contributed by atoms with Crippen molar-refractivity contribution in [2.24, 2.45) is 11.3 Å². The van der Waals surface area contributed by atoms with E-state index < -0.39 is 0 Å². The SMILES string of the molecule is C[NH+]1CC[C@H]2C3=C(CC(C)(C)CC3=O)N(Cc3ccccc3)[C@H]2C1. The number of nitrogens with zero attached hydrogens (tertiary/aromatic N) is 1. The lowest BCUT2D eigenvalue weighted by molar-refractivity contribution is -0.887. The first-order valence-corrected chi connectivity index (χ1v) is 9.33. The normalized spacial score (nSPS) is 31.9. The highest BCUT2D eigenvalue weighted by Crippen LogP contribution is 2.48. The molecule has 1 unspecified atom stereocenters. The van der Waals surface area contributed by atoms with Gasteiger partial charge in [-0.25, -0.2) is 0 Å². The van der Waals surface area contributed by atoms with Crippen LogP contribution in [0.5, 0.6) is 0 Å². The van der Waals surface area contributed by atoms with Crippen LogP contribution in [0, 0.1) is 11.3 Å². The molecule has 2 aliphatic heterocycles. The van der Waals surface area contributed by atoms with E-state index in [0.29, 0.717) is 17.7 Å². The number of piperidine rings is 1. The minimum absolute atomic E-state index is 0.0944. The summed E-state index contributed by atoms with van der Waals surface area (Å²) in [6.45, 7) is 7.77.